The molecule has 2 aromatic carbocycles. The molecule has 0 bridgehead atoms. The van der Waals surface area contributed by atoms with Gasteiger partial charge in [-0.05, 0) is 153 Å². The molecular weight excluding hydrogens is 974 g/mol. The van der Waals surface area contributed by atoms with Crippen molar-refractivity contribution in [3.63, 3.8) is 0 Å². The van der Waals surface area contributed by atoms with Gasteiger partial charge >= 0.3 is 0 Å². The van der Waals surface area contributed by atoms with E-state index >= 15 is 0 Å². The highest BCUT2D eigenvalue weighted by Gasteiger charge is 2.32. The van der Waals surface area contributed by atoms with Crippen LogP contribution in [0.1, 0.15) is 146 Å². The Kier molecular flexibility index (Phi) is 31.5. The van der Waals surface area contributed by atoms with Crippen LogP contribution in [0.15, 0.2) is 48.5 Å². The van der Waals surface area contributed by atoms with Crippen molar-refractivity contribution in [1.82, 2.24) is 36.0 Å². The third kappa shape index (κ3) is 25.5. The topological polar surface area (TPSA) is 281 Å². The van der Waals surface area contributed by atoms with Gasteiger partial charge in [-0.25, -0.2) is 0 Å². The lowest BCUT2D eigenvalue weighted by atomic mass is 9.89. The number of rotatable bonds is 38. The minimum atomic E-state index is -1.13. The first-order valence-corrected chi connectivity index (χ1v) is 28.1. The van der Waals surface area contributed by atoms with Crippen LogP contribution >= 0.6 is 11.6 Å². The lowest BCUT2D eigenvalue weighted by molar-refractivity contribution is -0.146. The lowest BCUT2D eigenvalue weighted by Gasteiger charge is -2.33. The van der Waals surface area contributed by atoms with Crippen LogP contribution in [-0.2, 0) is 46.5 Å². The van der Waals surface area contributed by atoms with Crippen molar-refractivity contribution in [3.8, 4) is 0 Å². The highest BCUT2D eigenvalue weighted by atomic mass is 35.5. The number of carbonyl (C=O) groups is 7. The van der Waals surface area contributed by atoms with Gasteiger partial charge in [0.05, 0.1) is 13.1 Å². The maximum atomic E-state index is 14.8. The SMILES string of the molecule is CCCCCC(C)N(CC(=O)N(CC(=O)N(CCc1cccc(Cl)c1)CC(=O)N[C@@H](CCCCN)C(=O)N[C@@H](CCCCN)C(=O)N[C@@H](CCCCN)C(N)=O)Cc1ccc(C)cc1)C(=O)CNCC1CCCCC1. The number of nitrogens with one attached hydrogen (secondary N) is 4. The Morgan fingerprint density at radius 2 is 1.23 bits per heavy atom. The predicted octanol–water partition coefficient (Wildman–Crippen LogP) is 4.34. The molecule has 1 fully saturated rings. The molecule has 0 aromatic heterocycles. The molecule has 4 atom stereocenters. The van der Waals surface area contributed by atoms with E-state index in [4.69, 9.17) is 34.5 Å². The number of amides is 7. The summed E-state index contributed by atoms with van der Waals surface area (Å²) in [5.74, 6) is -3.18. The number of benzene rings is 2. The van der Waals surface area contributed by atoms with E-state index in [0.717, 1.165) is 61.8 Å². The van der Waals surface area contributed by atoms with Crippen molar-refractivity contribution in [2.45, 2.75) is 173 Å². The summed E-state index contributed by atoms with van der Waals surface area (Å²) < 4.78 is 0. The maximum Gasteiger partial charge on any atom is 0.243 e. The Hall–Kier alpha value is -5.14. The first-order valence-electron chi connectivity index (χ1n) is 27.7. The molecule has 12 N–H and O–H groups in total. The Bertz CT molecular complexity index is 2040. The molecule has 3 rings (SSSR count). The highest BCUT2D eigenvalue weighted by molar-refractivity contribution is 6.30. The molecule has 1 unspecified atom stereocenters. The zero-order valence-corrected chi connectivity index (χ0v) is 46.2. The van der Waals surface area contributed by atoms with Gasteiger partial charge in [0.15, 0.2) is 0 Å². The summed E-state index contributed by atoms with van der Waals surface area (Å²) in [5, 5.41) is 12.2. The van der Waals surface area contributed by atoms with Crippen molar-refractivity contribution in [2.24, 2.45) is 28.9 Å². The number of unbranched alkanes of at least 4 members (excludes halogenated alkanes) is 5. The molecule has 19 heteroatoms. The minimum Gasteiger partial charge on any atom is -0.368 e. The Labute approximate surface area is 452 Å². The number of nitrogens with zero attached hydrogens (tertiary/aromatic N) is 3. The Balaban J connectivity index is 1.93. The average molecular weight is 1070 g/mol. The van der Waals surface area contributed by atoms with Crippen LogP contribution in [0.25, 0.3) is 0 Å². The average Bonchev–Trinajstić information content (AvgIpc) is 3.38. The molecule has 0 radical (unpaired) electrons. The Morgan fingerprint density at radius 1 is 0.653 bits per heavy atom. The van der Waals surface area contributed by atoms with E-state index < -0.39 is 66.7 Å². The number of carbonyl (C=O) groups excluding carboxylic acids is 7. The van der Waals surface area contributed by atoms with Gasteiger partial charge in [-0.2, -0.15) is 0 Å². The molecule has 0 saturated heterocycles. The van der Waals surface area contributed by atoms with Crippen molar-refractivity contribution >= 4 is 53.0 Å². The monoisotopic (exact) mass is 1070 g/mol. The van der Waals surface area contributed by atoms with Gasteiger partial charge in [0, 0.05) is 24.2 Å². The maximum absolute atomic E-state index is 14.8. The first-order chi connectivity index (χ1) is 36.1. The van der Waals surface area contributed by atoms with Crippen molar-refractivity contribution in [3.05, 3.63) is 70.2 Å². The second kappa shape index (κ2) is 36.8. The van der Waals surface area contributed by atoms with Gasteiger partial charge in [-0.3, -0.25) is 33.6 Å². The van der Waals surface area contributed by atoms with Crippen LogP contribution in [0.3, 0.4) is 0 Å². The van der Waals surface area contributed by atoms with Gasteiger partial charge in [0.2, 0.25) is 41.4 Å². The summed E-state index contributed by atoms with van der Waals surface area (Å²) in [6, 6.07) is 11.4. The van der Waals surface area contributed by atoms with E-state index in [9.17, 15) is 33.6 Å². The summed E-state index contributed by atoms with van der Waals surface area (Å²) in [6.45, 7) is 7.04. The molecule has 0 heterocycles. The molecule has 18 nitrogen and oxygen atoms in total. The highest BCUT2D eigenvalue weighted by Crippen LogP contribution is 2.23. The zero-order chi connectivity index (χ0) is 55.0. The number of hydrogen-bond donors (Lipinski definition) is 8. The molecule has 7 amide bonds. The quantitative estimate of drug-likeness (QED) is 0.0438. The van der Waals surface area contributed by atoms with Crippen LogP contribution in [0.5, 0.6) is 0 Å². The molecule has 0 spiro atoms. The van der Waals surface area contributed by atoms with E-state index in [2.05, 4.69) is 28.2 Å². The van der Waals surface area contributed by atoms with Gasteiger partial charge in [-0.1, -0.05) is 99.0 Å². The van der Waals surface area contributed by atoms with Gasteiger partial charge in [0.25, 0.3) is 0 Å². The number of nitrogens with two attached hydrogens (primary N) is 4. The third-order valence-electron chi connectivity index (χ3n) is 14.0. The number of primary amides is 1. The van der Waals surface area contributed by atoms with Crippen molar-refractivity contribution in [1.29, 1.82) is 0 Å². The smallest absolute Gasteiger partial charge is 0.243 e. The normalized spacial score (nSPS) is 14.2. The molecule has 75 heavy (non-hydrogen) atoms. The van der Waals surface area contributed by atoms with Crippen LogP contribution in [-0.4, -0.2) is 139 Å². The number of halogens is 1. The minimum absolute atomic E-state index is 0.0601. The van der Waals surface area contributed by atoms with Crippen LogP contribution in [0, 0.1) is 12.8 Å². The molecule has 1 aliphatic carbocycles. The van der Waals surface area contributed by atoms with E-state index in [0.29, 0.717) is 75.5 Å². The zero-order valence-electron chi connectivity index (χ0n) is 45.4. The van der Waals surface area contributed by atoms with Crippen molar-refractivity contribution < 1.29 is 33.6 Å². The van der Waals surface area contributed by atoms with E-state index in [1.54, 1.807) is 23.1 Å². The standard InChI is InChI=1S/C56H92ClN11O7/c1-4-5-7-17-42(3)68(51(70)36-62-35-44-18-8-6-9-19-44)40-53(72)67(37-45-27-25-41(2)26-28-45)39-52(71)66(33-29-43-20-16-21-46(57)34-43)38-50(69)63-48(23-11-14-31-59)55(74)65-49(24-12-15-32-60)56(75)64-47(54(61)73)22-10-13-30-58/h16,20-21,25-28,34,42,44,47-49,62H,4-15,17-19,22-24,29-33,35-40,58-60H2,1-3H3,(H2,61,73)(H,63,69)(H,64,75)(H,65,74)/t42?,47-,48-,49-/m0/s1. The Morgan fingerprint density at radius 3 is 1.81 bits per heavy atom. The molecule has 0 aliphatic heterocycles. The number of aryl methyl sites for hydroxylation is 1. The molecule has 420 valence electrons. The van der Waals surface area contributed by atoms with Gasteiger partial charge in [-0.15, -0.1) is 0 Å². The first kappa shape index (κ1) is 64.1. The fourth-order valence-electron chi connectivity index (χ4n) is 9.37. The second-order valence-electron chi connectivity index (χ2n) is 20.4. The molecule has 1 saturated carbocycles. The van der Waals surface area contributed by atoms with Crippen LogP contribution < -0.4 is 44.2 Å². The fourth-order valence-corrected chi connectivity index (χ4v) is 9.59. The van der Waals surface area contributed by atoms with Crippen LogP contribution in [0.4, 0.5) is 0 Å². The van der Waals surface area contributed by atoms with Gasteiger partial charge in [0.1, 0.15) is 31.2 Å². The van der Waals surface area contributed by atoms with Crippen LogP contribution in [0.2, 0.25) is 5.02 Å². The second-order valence-corrected chi connectivity index (χ2v) is 20.9. The molecule has 2 aromatic rings. The van der Waals surface area contributed by atoms with Crippen molar-refractivity contribution in [2.75, 3.05) is 58.9 Å². The summed E-state index contributed by atoms with van der Waals surface area (Å²) in [4.78, 5) is 103. The summed E-state index contributed by atoms with van der Waals surface area (Å²) >= 11 is 6.35. The third-order valence-corrected chi connectivity index (χ3v) is 14.3. The van der Waals surface area contributed by atoms with Gasteiger partial charge < -0.3 is 58.9 Å². The number of hydrogen-bond acceptors (Lipinski definition) is 11. The lowest BCUT2D eigenvalue weighted by Crippen LogP contribution is -2.57. The fraction of sp³-hybridized carbons (Fsp3) is 0.661. The van der Waals surface area contributed by atoms with E-state index in [1.807, 2.05) is 44.2 Å². The predicted molar refractivity (Wildman–Crippen MR) is 297 cm³/mol. The van der Waals surface area contributed by atoms with E-state index in [1.165, 1.54) is 29.1 Å². The van der Waals surface area contributed by atoms with E-state index in [-0.39, 0.29) is 57.4 Å². The summed E-state index contributed by atoms with van der Waals surface area (Å²) in [7, 11) is 0. The summed E-state index contributed by atoms with van der Waals surface area (Å²) in [5.41, 5.74) is 25.5. The molecular formula is C56H92ClN11O7. The largest absolute Gasteiger partial charge is 0.368 e. The summed E-state index contributed by atoms with van der Waals surface area (Å²) in [6.07, 6.45) is 13.7. The molecule has 1 aliphatic rings.